The van der Waals surface area contributed by atoms with E-state index in [0.29, 0.717) is 5.02 Å². The van der Waals surface area contributed by atoms with Crippen molar-refractivity contribution in [1.29, 1.82) is 0 Å². The van der Waals surface area contributed by atoms with E-state index >= 15 is 0 Å². The summed E-state index contributed by atoms with van der Waals surface area (Å²) in [5.74, 6) is 0.830. The molecule has 0 aliphatic heterocycles. The van der Waals surface area contributed by atoms with Crippen molar-refractivity contribution in [2.75, 3.05) is 6.61 Å². The zero-order valence-corrected chi connectivity index (χ0v) is 7.19. The van der Waals surface area contributed by atoms with Crippen LogP contribution in [0.5, 0.6) is 5.75 Å². The zero-order valence-electron chi connectivity index (χ0n) is 6.43. The summed E-state index contributed by atoms with van der Waals surface area (Å²) in [6.07, 6.45) is 1.02. The number of benzene rings is 1. The van der Waals surface area contributed by atoms with Gasteiger partial charge in [-0.15, -0.1) is 0 Å². The second kappa shape index (κ2) is 4.24. The van der Waals surface area contributed by atoms with Crippen LogP contribution in [-0.4, -0.2) is 6.61 Å². The van der Waals surface area contributed by atoms with Gasteiger partial charge in [0, 0.05) is 11.1 Å². The van der Waals surface area contributed by atoms with Crippen LogP contribution in [0.3, 0.4) is 0 Å². The summed E-state index contributed by atoms with van der Waals surface area (Å²) in [5.41, 5.74) is 0. The van der Waals surface area contributed by atoms with Gasteiger partial charge in [-0.25, -0.2) is 0 Å². The van der Waals surface area contributed by atoms with Crippen molar-refractivity contribution in [3.8, 4) is 5.75 Å². The van der Waals surface area contributed by atoms with E-state index < -0.39 is 0 Å². The van der Waals surface area contributed by atoms with E-state index in [0.717, 1.165) is 18.8 Å². The summed E-state index contributed by atoms with van der Waals surface area (Å²) in [5, 5.41) is 0.619. The van der Waals surface area contributed by atoms with Crippen LogP contribution in [-0.2, 0) is 0 Å². The van der Waals surface area contributed by atoms with Crippen LogP contribution in [0.25, 0.3) is 0 Å². The average molecular weight is 170 g/mol. The first-order valence-electron chi connectivity index (χ1n) is 3.63. The Morgan fingerprint density at radius 2 is 2.36 bits per heavy atom. The maximum atomic E-state index is 5.63. The van der Waals surface area contributed by atoms with Crippen molar-refractivity contribution in [2.45, 2.75) is 13.3 Å². The molecule has 0 fully saturated rings. The van der Waals surface area contributed by atoms with Crippen LogP contribution in [0.2, 0.25) is 5.02 Å². The Morgan fingerprint density at radius 1 is 1.55 bits per heavy atom. The summed E-state index contributed by atoms with van der Waals surface area (Å²) < 4.78 is 5.32. The van der Waals surface area contributed by atoms with Gasteiger partial charge in [0.1, 0.15) is 5.75 Å². The maximum absolute atomic E-state index is 5.63. The normalized spacial score (nSPS) is 9.64. The predicted octanol–water partition coefficient (Wildman–Crippen LogP) is 2.93. The fourth-order valence-corrected chi connectivity index (χ4v) is 0.819. The highest BCUT2D eigenvalue weighted by atomic mass is 35.5. The third-order valence-corrected chi connectivity index (χ3v) is 1.45. The molecule has 1 nitrogen and oxygen atoms in total. The highest BCUT2D eigenvalue weighted by molar-refractivity contribution is 6.30. The molecule has 1 rings (SSSR count). The van der Waals surface area contributed by atoms with E-state index in [2.05, 4.69) is 13.0 Å². The third kappa shape index (κ3) is 2.81. The molecule has 0 bridgehead atoms. The van der Waals surface area contributed by atoms with Crippen molar-refractivity contribution in [1.82, 2.24) is 0 Å². The lowest BCUT2D eigenvalue weighted by atomic mass is 10.3. The number of hydrogen-bond donors (Lipinski definition) is 0. The average Bonchev–Trinajstić information content (AvgIpc) is 2.04. The molecular formula is C9H10ClO. The Balaban J connectivity index is 2.52. The largest absolute Gasteiger partial charge is 0.494 e. The number of ether oxygens (including phenoxy) is 1. The molecule has 11 heavy (non-hydrogen) atoms. The van der Waals surface area contributed by atoms with Crippen molar-refractivity contribution in [2.24, 2.45) is 0 Å². The number of hydrogen-bond acceptors (Lipinski definition) is 1. The van der Waals surface area contributed by atoms with Gasteiger partial charge in [-0.05, 0) is 24.6 Å². The minimum Gasteiger partial charge on any atom is -0.494 e. The smallest absolute Gasteiger partial charge is 0.120 e. The van der Waals surface area contributed by atoms with Gasteiger partial charge in [0.15, 0.2) is 0 Å². The molecule has 0 aliphatic carbocycles. The van der Waals surface area contributed by atoms with Crippen molar-refractivity contribution < 1.29 is 4.74 Å². The minimum absolute atomic E-state index is 0.619. The van der Waals surface area contributed by atoms with Gasteiger partial charge in [-0.3, -0.25) is 0 Å². The van der Waals surface area contributed by atoms with E-state index in [-0.39, 0.29) is 0 Å². The van der Waals surface area contributed by atoms with Crippen LogP contribution in [0.1, 0.15) is 13.3 Å². The number of halogens is 1. The highest BCUT2D eigenvalue weighted by Crippen LogP contribution is 2.14. The lowest BCUT2D eigenvalue weighted by Gasteiger charge is -2.02. The fourth-order valence-electron chi connectivity index (χ4n) is 0.701. The monoisotopic (exact) mass is 169 g/mol. The van der Waals surface area contributed by atoms with Gasteiger partial charge in [0.25, 0.3) is 0 Å². The number of rotatable bonds is 3. The molecule has 0 saturated heterocycles. The first-order chi connectivity index (χ1) is 5.33. The Kier molecular flexibility index (Phi) is 3.24. The van der Waals surface area contributed by atoms with Crippen molar-refractivity contribution in [3.05, 3.63) is 29.3 Å². The van der Waals surface area contributed by atoms with Crippen molar-refractivity contribution in [3.63, 3.8) is 0 Å². The van der Waals surface area contributed by atoms with Crippen LogP contribution < -0.4 is 4.74 Å². The molecule has 0 amide bonds. The van der Waals surface area contributed by atoms with Gasteiger partial charge in [-0.2, -0.15) is 0 Å². The first-order valence-corrected chi connectivity index (χ1v) is 4.00. The Hall–Kier alpha value is -0.690. The third-order valence-electron chi connectivity index (χ3n) is 1.22. The quantitative estimate of drug-likeness (QED) is 0.676. The van der Waals surface area contributed by atoms with E-state index in [1.807, 2.05) is 6.07 Å². The molecule has 0 aromatic heterocycles. The molecule has 1 radical (unpaired) electrons. The van der Waals surface area contributed by atoms with E-state index in [1.54, 1.807) is 12.1 Å². The molecule has 1 aromatic rings. The lowest BCUT2D eigenvalue weighted by molar-refractivity contribution is 0.317. The lowest BCUT2D eigenvalue weighted by Crippen LogP contribution is -1.93. The molecule has 0 N–H and O–H groups in total. The first kappa shape index (κ1) is 8.41. The van der Waals surface area contributed by atoms with Gasteiger partial charge < -0.3 is 4.74 Å². The van der Waals surface area contributed by atoms with Gasteiger partial charge in [-0.1, -0.05) is 18.5 Å². The molecule has 0 spiro atoms. The zero-order chi connectivity index (χ0) is 8.10. The minimum atomic E-state index is 0.619. The highest BCUT2D eigenvalue weighted by Gasteiger charge is 1.91. The molecule has 0 unspecified atom stereocenters. The van der Waals surface area contributed by atoms with E-state index in [4.69, 9.17) is 16.3 Å². The Labute approximate surface area is 71.9 Å². The summed E-state index contributed by atoms with van der Waals surface area (Å²) in [6.45, 7) is 2.81. The summed E-state index contributed by atoms with van der Waals surface area (Å²) in [7, 11) is 0. The van der Waals surface area contributed by atoms with Gasteiger partial charge in [0.2, 0.25) is 0 Å². The Morgan fingerprint density at radius 3 is 2.91 bits per heavy atom. The predicted molar refractivity (Wildman–Crippen MR) is 46.1 cm³/mol. The van der Waals surface area contributed by atoms with Gasteiger partial charge in [0.05, 0.1) is 6.61 Å². The summed E-state index contributed by atoms with van der Waals surface area (Å²) in [6, 6.07) is 8.21. The maximum Gasteiger partial charge on any atom is 0.120 e. The molecule has 59 valence electrons. The van der Waals surface area contributed by atoms with E-state index in [9.17, 15) is 0 Å². The molecule has 0 aliphatic rings. The van der Waals surface area contributed by atoms with Crippen LogP contribution in [0.4, 0.5) is 0 Å². The van der Waals surface area contributed by atoms with Crippen LogP contribution >= 0.6 is 11.6 Å². The van der Waals surface area contributed by atoms with Crippen LogP contribution in [0.15, 0.2) is 18.2 Å². The second-order valence-corrected chi connectivity index (χ2v) is 2.63. The van der Waals surface area contributed by atoms with Crippen LogP contribution in [0, 0.1) is 6.07 Å². The topological polar surface area (TPSA) is 9.23 Å². The SMILES string of the molecule is CCCOc1c[c]c(Cl)cc1. The molecule has 0 heterocycles. The second-order valence-electron chi connectivity index (χ2n) is 2.22. The molecular weight excluding hydrogens is 160 g/mol. The molecule has 1 aromatic carbocycles. The van der Waals surface area contributed by atoms with Crippen molar-refractivity contribution >= 4 is 11.6 Å². The summed E-state index contributed by atoms with van der Waals surface area (Å²) in [4.78, 5) is 0. The van der Waals surface area contributed by atoms with E-state index in [1.165, 1.54) is 0 Å². The molecule has 0 atom stereocenters. The Bertz CT molecular complexity index is 205. The van der Waals surface area contributed by atoms with Gasteiger partial charge >= 0.3 is 0 Å². The standard InChI is InChI=1S/C9H10ClO/c1-2-7-11-9-5-3-8(10)4-6-9/h3,5-6H,2,7H2,1H3. The fraction of sp³-hybridized carbons (Fsp3) is 0.333. The summed E-state index contributed by atoms with van der Waals surface area (Å²) >= 11 is 5.63. The molecule has 2 heteroatoms. The molecule has 0 saturated carbocycles.